The molecule has 4 rings (SSSR count). The van der Waals surface area contributed by atoms with Gasteiger partial charge in [0.2, 0.25) is 0 Å². The zero-order valence-corrected chi connectivity index (χ0v) is 12.3. The van der Waals surface area contributed by atoms with Crippen LogP contribution in [0.5, 0.6) is 0 Å². The Kier molecular flexibility index (Phi) is 2.69. The lowest BCUT2D eigenvalue weighted by Crippen LogP contribution is -2.13. The van der Waals surface area contributed by atoms with E-state index in [-0.39, 0.29) is 4.83 Å². The fourth-order valence-electron chi connectivity index (χ4n) is 3.15. The second-order valence-corrected chi connectivity index (χ2v) is 6.17. The topological polar surface area (TPSA) is 20.2 Å². The minimum absolute atomic E-state index is 0.0583. The lowest BCUT2D eigenvalue weighted by Gasteiger charge is -2.30. The number of aliphatic hydroxyl groups excluding tert-OH is 1. The smallest absolute Gasteiger partial charge is 0.0968 e. The Morgan fingerprint density at radius 1 is 0.800 bits per heavy atom. The molecule has 98 valence electrons. The maximum Gasteiger partial charge on any atom is 0.0968 e. The van der Waals surface area contributed by atoms with Gasteiger partial charge in [-0.25, -0.2) is 0 Å². The first-order valence-electron chi connectivity index (χ1n) is 6.70. The molecule has 3 aromatic rings. The summed E-state index contributed by atoms with van der Waals surface area (Å²) in [6, 6.07) is 20.8. The molecule has 20 heavy (non-hydrogen) atoms. The summed E-state index contributed by atoms with van der Waals surface area (Å²) in [5, 5.41) is 13.0. The summed E-state index contributed by atoms with van der Waals surface area (Å²) in [5.41, 5.74) is 4.54. The molecular weight excluding hydrogens is 312 g/mol. The van der Waals surface area contributed by atoms with Crippen LogP contribution in [-0.4, -0.2) is 5.11 Å². The van der Waals surface area contributed by atoms with Gasteiger partial charge in [-0.15, -0.1) is 0 Å². The molecule has 0 amide bonds. The molecule has 3 aromatic carbocycles. The minimum atomic E-state index is -0.522. The molecular formula is C18H13BrO. The Morgan fingerprint density at radius 2 is 1.55 bits per heavy atom. The van der Waals surface area contributed by atoms with E-state index >= 15 is 0 Å². The van der Waals surface area contributed by atoms with Crippen molar-refractivity contribution in [2.45, 2.75) is 10.9 Å². The molecule has 0 aromatic heterocycles. The summed E-state index contributed by atoms with van der Waals surface area (Å²) in [5.74, 6) is 0. The van der Waals surface area contributed by atoms with Crippen molar-refractivity contribution < 1.29 is 5.11 Å². The van der Waals surface area contributed by atoms with Crippen LogP contribution in [0.3, 0.4) is 0 Å². The van der Waals surface area contributed by atoms with E-state index in [1.807, 2.05) is 18.2 Å². The fourth-order valence-corrected chi connectivity index (χ4v) is 3.81. The molecule has 2 heteroatoms. The first kappa shape index (κ1) is 12.1. The van der Waals surface area contributed by atoms with Crippen molar-refractivity contribution in [2.75, 3.05) is 0 Å². The van der Waals surface area contributed by atoms with Gasteiger partial charge < -0.3 is 5.11 Å². The Morgan fingerprint density at radius 3 is 2.45 bits per heavy atom. The number of fused-ring (bicyclic) bond motifs is 5. The Balaban J connectivity index is 2.14. The third-order valence-corrected chi connectivity index (χ3v) is 5.09. The highest BCUT2D eigenvalue weighted by Gasteiger charge is 2.31. The average molecular weight is 325 g/mol. The normalized spacial score (nSPS) is 20.5. The van der Waals surface area contributed by atoms with Crippen LogP contribution in [0.25, 0.3) is 21.9 Å². The highest BCUT2D eigenvalue weighted by Crippen LogP contribution is 2.50. The van der Waals surface area contributed by atoms with Gasteiger partial charge in [-0.1, -0.05) is 76.6 Å². The van der Waals surface area contributed by atoms with Gasteiger partial charge in [-0.2, -0.15) is 0 Å². The van der Waals surface area contributed by atoms with E-state index < -0.39 is 6.10 Å². The van der Waals surface area contributed by atoms with Crippen LogP contribution in [-0.2, 0) is 0 Å². The van der Waals surface area contributed by atoms with Crippen LogP contribution < -0.4 is 0 Å². The van der Waals surface area contributed by atoms with E-state index in [0.717, 1.165) is 22.1 Å². The molecule has 0 fully saturated rings. The highest BCUT2D eigenvalue weighted by molar-refractivity contribution is 9.09. The molecule has 1 aliphatic rings. The van der Waals surface area contributed by atoms with Gasteiger partial charge in [0.05, 0.1) is 10.9 Å². The first-order valence-corrected chi connectivity index (χ1v) is 7.62. The van der Waals surface area contributed by atoms with Crippen molar-refractivity contribution in [1.82, 2.24) is 0 Å². The summed E-state index contributed by atoms with van der Waals surface area (Å²) in [6.07, 6.45) is -0.522. The van der Waals surface area contributed by atoms with E-state index in [2.05, 4.69) is 58.4 Å². The quantitative estimate of drug-likeness (QED) is 0.577. The van der Waals surface area contributed by atoms with Crippen LogP contribution in [0, 0.1) is 0 Å². The molecule has 0 radical (unpaired) electrons. The molecule has 1 N–H and O–H groups in total. The summed E-state index contributed by atoms with van der Waals surface area (Å²) in [4.78, 5) is -0.0583. The third-order valence-electron chi connectivity index (χ3n) is 4.09. The third kappa shape index (κ3) is 1.58. The van der Waals surface area contributed by atoms with Crippen molar-refractivity contribution in [2.24, 2.45) is 0 Å². The number of hydrogen-bond acceptors (Lipinski definition) is 1. The predicted octanol–water partition coefficient (Wildman–Crippen LogP) is 4.99. The zero-order chi connectivity index (χ0) is 13.7. The molecule has 1 nitrogen and oxygen atoms in total. The Labute approximate surface area is 126 Å². The number of halogens is 1. The molecule has 0 heterocycles. The minimum Gasteiger partial charge on any atom is -0.387 e. The summed E-state index contributed by atoms with van der Waals surface area (Å²) in [6.45, 7) is 0. The number of rotatable bonds is 0. The maximum absolute atomic E-state index is 10.7. The molecule has 0 saturated carbocycles. The fraction of sp³-hybridized carbons (Fsp3) is 0.111. The molecule has 0 aliphatic heterocycles. The number of benzene rings is 3. The van der Waals surface area contributed by atoms with Gasteiger partial charge in [-0.05, 0) is 33.0 Å². The van der Waals surface area contributed by atoms with Gasteiger partial charge in [0.1, 0.15) is 0 Å². The SMILES string of the molecule is OC1c2c(ccc3ccccc23)-c2ccccc2C1Br. The van der Waals surface area contributed by atoms with Gasteiger partial charge in [-0.3, -0.25) is 0 Å². The average Bonchev–Trinajstić information content (AvgIpc) is 2.51. The van der Waals surface area contributed by atoms with E-state index in [1.54, 1.807) is 0 Å². The van der Waals surface area contributed by atoms with E-state index in [4.69, 9.17) is 0 Å². The van der Waals surface area contributed by atoms with Crippen molar-refractivity contribution in [3.8, 4) is 11.1 Å². The Hall–Kier alpha value is -1.64. The van der Waals surface area contributed by atoms with Crippen molar-refractivity contribution >= 4 is 26.7 Å². The summed E-state index contributed by atoms with van der Waals surface area (Å²) >= 11 is 3.66. The largest absolute Gasteiger partial charge is 0.387 e. The lowest BCUT2D eigenvalue weighted by atomic mass is 9.81. The molecule has 2 atom stereocenters. The van der Waals surface area contributed by atoms with Crippen molar-refractivity contribution in [3.63, 3.8) is 0 Å². The molecule has 1 aliphatic carbocycles. The van der Waals surface area contributed by atoms with Crippen molar-refractivity contribution in [1.29, 1.82) is 0 Å². The first-order chi connectivity index (χ1) is 9.77. The molecule has 0 bridgehead atoms. The Bertz CT molecular complexity index is 809. The lowest BCUT2D eigenvalue weighted by molar-refractivity contribution is 0.177. The van der Waals surface area contributed by atoms with Gasteiger partial charge in [0.15, 0.2) is 0 Å². The van der Waals surface area contributed by atoms with Crippen LogP contribution in [0.1, 0.15) is 22.1 Å². The number of alkyl halides is 1. The van der Waals surface area contributed by atoms with Gasteiger partial charge >= 0.3 is 0 Å². The number of hydrogen-bond donors (Lipinski definition) is 1. The van der Waals surface area contributed by atoms with Gasteiger partial charge in [0.25, 0.3) is 0 Å². The van der Waals surface area contributed by atoms with Crippen LogP contribution in [0.15, 0.2) is 60.7 Å². The van der Waals surface area contributed by atoms with E-state index in [0.29, 0.717) is 0 Å². The second kappa shape index (κ2) is 4.44. The molecule has 0 spiro atoms. The van der Waals surface area contributed by atoms with Crippen LogP contribution in [0.2, 0.25) is 0 Å². The van der Waals surface area contributed by atoms with Crippen molar-refractivity contribution in [3.05, 3.63) is 71.8 Å². The van der Waals surface area contributed by atoms with Crippen LogP contribution >= 0.6 is 15.9 Å². The van der Waals surface area contributed by atoms with Gasteiger partial charge in [0, 0.05) is 0 Å². The zero-order valence-electron chi connectivity index (χ0n) is 10.8. The van der Waals surface area contributed by atoms with E-state index in [1.165, 1.54) is 10.9 Å². The molecule has 0 saturated heterocycles. The summed E-state index contributed by atoms with van der Waals surface area (Å²) in [7, 11) is 0. The second-order valence-electron chi connectivity index (χ2n) is 5.18. The standard InChI is InChI=1S/C18H13BrO/c19-17-15-8-4-3-7-13(15)14-10-9-11-5-1-2-6-12(11)16(14)18(17)20/h1-10,17-18,20H. The maximum atomic E-state index is 10.7. The highest BCUT2D eigenvalue weighted by atomic mass is 79.9. The predicted molar refractivity (Wildman–Crippen MR) is 86.0 cm³/mol. The molecule has 2 unspecified atom stereocenters. The van der Waals surface area contributed by atoms with E-state index in [9.17, 15) is 5.11 Å². The number of aliphatic hydroxyl groups is 1. The van der Waals surface area contributed by atoms with Crippen LogP contribution in [0.4, 0.5) is 0 Å². The monoisotopic (exact) mass is 324 g/mol. The summed E-state index contributed by atoms with van der Waals surface area (Å²) < 4.78 is 0.